The number of carbonyl (C=O) groups is 2. The molecule has 0 aliphatic heterocycles. The highest BCUT2D eigenvalue weighted by atomic mass is 16.5. The summed E-state index contributed by atoms with van der Waals surface area (Å²) in [7, 11) is 1.57. The fraction of sp³-hybridized carbons (Fsp3) is 0.462. The first kappa shape index (κ1) is 25.5. The van der Waals surface area contributed by atoms with Crippen molar-refractivity contribution in [3.63, 3.8) is 0 Å². The summed E-state index contributed by atoms with van der Waals surface area (Å²) in [6.45, 7) is 4.33. The number of imidazole rings is 1. The Balaban J connectivity index is 1.43. The van der Waals surface area contributed by atoms with Gasteiger partial charge in [0.2, 0.25) is 5.91 Å². The molecule has 34 heavy (non-hydrogen) atoms. The summed E-state index contributed by atoms with van der Waals surface area (Å²) in [5.74, 6) is 0.496. The summed E-state index contributed by atoms with van der Waals surface area (Å²) in [5, 5.41) is 9.79. The van der Waals surface area contributed by atoms with Crippen molar-refractivity contribution in [2.75, 3.05) is 13.7 Å². The molecule has 1 unspecified atom stereocenters. The minimum absolute atomic E-state index is 0.155. The Morgan fingerprint density at radius 2 is 1.91 bits per heavy atom. The number of ketones is 1. The lowest BCUT2D eigenvalue weighted by Crippen LogP contribution is -2.48. The number of aliphatic hydroxyl groups excluding tert-OH is 1. The van der Waals surface area contributed by atoms with Gasteiger partial charge < -0.3 is 19.3 Å². The molecule has 2 heterocycles. The third-order valence-corrected chi connectivity index (χ3v) is 6.12. The third-order valence-electron chi connectivity index (χ3n) is 6.12. The number of aliphatic hydroxyl groups is 1. The van der Waals surface area contributed by atoms with Crippen LogP contribution in [0.1, 0.15) is 44.0 Å². The Kier molecular flexibility index (Phi) is 9.30. The standard InChI is InChI=1S/C26H34N4O4/c1-19(34-18-21-10-6-4-7-11-21)26(33)24(17-31)29(3)25(32)12-8-5-9-15-30-20(2)28-22-16-27-14-13-23(22)30/h4,6-7,10-11,13-14,16,19,24,31H,5,8-9,12,15,17-18H2,1-3H3/t19?,24-/m0/s1. The van der Waals surface area contributed by atoms with Crippen LogP contribution in [-0.2, 0) is 27.5 Å². The summed E-state index contributed by atoms with van der Waals surface area (Å²) >= 11 is 0. The number of hydrogen-bond donors (Lipinski definition) is 1. The molecule has 1 N–H and O–H groups in total. The number of carbonyl (C=O) groups excluding carboxylic acids is 2. The van der Waals surface area contributed by atoms with Crippen LogP contribution in [0.4, 0.5) is 0 Å². The number of rotatable bonds is 13. The maximum Gasteiger partial charge on any atom is 0.223 e. The lowest BCUT2D eigenvalue weighted by molar-refractivity contribution is -0.145. The minimum atomic E-state index is -0.910. The number of unbranched alkanes of at least 4 members (excludes halogenated alkanes) is 2. The SMILES string of the molecule is Cc1nc2cnccc2n1CCCCCC(=O)N(C)[C@@H](CO)C(=O)C(C)OCc1ccccc1. The number of aryl methyl sites for hydroxylation is 2. The first-order valence-corrected chi connectivity index (χ1v) is 11.7. The molecule has 8 nitrogen and oxygen atoms in total. The average molecular weight is 467 g/mol. The highest BCUT2D eigenvalue weighted by Gasteiger charge is 2.30. The molecule has 2 aromatic heterocycles. The number of ether oxygens (including phenoxy) is 1. The molecule has 182 valence electrons. The van der Waals surface area contributed by atoms with Gasteiger partial charge in [0.05, 0.1) is 24.9 Å². The molecule has 2 atom stereocenters. The number of likely N-dealkylation sites (N-methyl/N-ethyl adjacent to an activating group) is 1. The fourth-order valence-electron chi connectivity index (χ4n) is 4.01. The van der Waals surface area contributed by atoms with Crippen LogP contribution in [0.2, 0.25) is 0 Å². The molecular formula is C26H34N4O4. The van der Waals surface area contributed by atoms with Gasteiger partial charge in [-0.1, -0.05) is 36.8 Å². The number of aromatic nitrogens is 3. The van der Waals surface area contributed by atoms with E-state index < -0.39 is 18.8 Å². The second-order valence-corrected chi connectivity index (χ2v) is 8.53. The summed E-state index contributed by atoms with van der Waals surface area (Å²) in [6.07, 6.45) is 5.63. The van der Waals surface area contributed by atoms with Crippen molar-refractivity contribution in [3.05, 3.63) is 60.2 Å². The van der Waals surface area contributed by atoms with Crippen molar-refractivity contribution >= 4 is 22.7 Å². The third kappa shape index (κ3) is 6.48. The Hall–Kier alpha value is -3.10. The van der Waals surface area contributed by atoms with Crippen LogP contribution < -0.4 is 0 Å². The van der Waals surface area contributed by atoms with Gasteiger partial charge in [-0.05, 0) is 38.3 Å². The number of pyridine rings is 1. The van der Waals surface area contributed by atoms with Crippen LogP contribution in [0.5, 0.6) is 0 Å². The summed E-state index contributed by atoms with van der Waals surface area (Å²) in [6, 6.07) is 10.6. The van der Waals surface area contributed by atoms with Crippen molar-refractivity contribution in [2.24, 2.45) is 0 Å². The van der Waals surface area contributed by atoms with Crippen LogP contribution in [0.3, 0.4) is 0 Å². The van der Waals surface area contributed by atoms with E-state index in [1.807, 2.05) is 43.3 Å². The van der Waals surface area contributed by atoms with Crippen molar-refractivity contribution in [3.8, 4) is 0 Å². The molecule has 3 rings (SSSR count). The van der Waals surface area contributed by atoms with E-state index in [0.717, 1.165) is 41.8 Å². The monoisotopic (exact) mass is 466 g/mol. The Bertz CT molecular complexity index is 1080. The number of nitrogens with zero attached hydrogens (tertiary/aromatic N) is 4. The molecule has 0 spiro atoms. The number of Topliss-reactive ketones (excluding diaryl/α,β-unsaturated/α-hetero) is 1. The van der Waals surface area contributed by atoms with E-state index >= 15 is 0 Å². The molecule has 0 bridgehead atoms. The molecular weight excluding hydrogens is 432 g/mol. The Labute approximate surface area is 200 Å². The van der Waals surface area contributed by atoms with E-state index in [1.54, 1.807) is 26.4 Å². The predicted octanol–water partition coefficient (Wildman–Crippen LogP) is 3.29. The van der Waals surface area contributed by atoms with Gasteiger partial charge >= 0.3 is 0 Å². The van der Waals surface area contributed by atoms with Gasteiger partial charge in [-0.25, -0.2) is 4.98 Å². The summed E-state index contributed by atoms with van der Waals surface area (Å²) in [4.78, 5) is 35.5. The van der Waals surface area contributed by atoms with Gasteiger partial charge in [-0.3, -0.25) is 14.6 Å². The van der Waals surface area contributed by atoms with E-state index in [4.69, 9.17) is 4.74 Å². The van der Waals surface area contributed by atoms with Gasteiger partial charge in [0, 0.05) is 26.2 Å². The predicted molar refractivity (Wildman–Crippen MR) is 130 cm³/mol. The zero-order chi connectivity index (χ0) is 24.5. The van der Waals surface area contributed by atoms with E-state index in [2.05, 4.69) is 14.5 Å². The topological polar surface area (TPSA) is 97.5 Å². The van der Waals surface area contributed by atoms with E-state index in [-0.39, 0.29) is 11.7 Å². The molecule has 0 fully saturated rings. The molecule has 0 radical (unpaired) electrons. The van der Waals surface area contributed by atoms with Gasteiger partial charge in [-0.2, -0.15) is 0 Å². The number of amides is 1. The highest BCUT2D eigenvalue weighted by molar-refractivity contribution is 5.91. The molecule has 0 saturated carbocycles. The smallest absolute Gasteiger partial charge is 0.223 e. The van der Waals surface area contributed by atoms with E-state index in [1.165, 1.54) is 4.90 Å². The fourth-order valence-corrected chi connectivity index (χ4v) is 4.01. The van der Waals surface area contributed by atoms with E-state index in [9.17, 15) is 14.7 Å². The zero-order valence-electron chi connectivity index (χ0n) is 20.2. The van der Waals surface area contributed by atoms with Crippen LogP contribution in [0.25, 0.3) is 11.0 Å². The molecule has 0 aliphatic rings. The first-order valence-electron chi connectivity index (χ1n) is 11.7. The normalized spacial score (nSPS) is 13.1. The molecule has 1 aromatic carbocycles. The number of fused-ring (bicyclic) bond motifs is 1. The summed E-state index contributed by atoms with van der Waals surface area (Å²) < 4.78 is 7.85. The van der Waals surface area contributed by atoms with Crippen LogP contribution >= 0.6 is 0 Å². The van der Waals surface area contributed by atoms with Crippen LogP contribution in [0.15, 0.2) is 48.8 Å². The second-order valence-electron chi connectivity index (χ2n) is 8.53. The molecule has 8 heteroatoms. The lowest BCUT2D eigenvalue weighted by atomic mass is 10.1. The van der Waals surface area contributed by atoms with E-state index in [0.29, 0.717) is 19.4 Å². The van der Waals surface area contributed by atoms with Crippen molar-refractivity contribution in [2.45, 2.75) is 64.8 Å². The molecule has 3 aromatic rings. The average Bonchev–Trinajstić information content (AvgIpc) is 3.17. The van der Waals surface area contributed by atoms with Crippen molar-refractivity contribution in [1.82, 2.24) is 19.4 Å². The Morgan fingerprint density at radius 1 is 1.15 bits per heavy atom. The zero-order valence-corrected chi connectivity index (χ0v) is 20.2. The van der Waals surface area contributed by atoms with Gasteiger partial charge in [0.15, 0.2) is 5.78 Å². The lowest BCUT2D eigenvalue weighted by Gasteiger charge is -2.28. The molecule has 0 saturated heterocycles. The maximum absolute atomic E-state index is 12.8. The Morgan fingerprint density at radius 3 is 2.65 bits per heavy atom. The second kappa shape index (κ2) is 12.4. The highest BCUT2D eigenvalue weighted by Crippen LogP contribution is 2.16. The minimum Gasteiger partial charge on any atom is -0.394 e. The summed E-state index contributed by atoms with van der Waals surface area (Å²) in [5.41, 5.74) is 2.91. The quantitative estimate of drug-likeness (QED) is 0.388. The van der Waals surface area contributed by atoms with Crippen LogP contribution in [0, 0.1) is 6.92 Å². The van der Waals surface area contributed by atoms with Gasteiger partial charge in [0.25, 0.3) is 0 Å². The molecule has 0 aliphatic carbocycles. The number of benzene rings is 1. The first-order chi connectivity index (χ1) is 16.4. The van der Waals surface area contributed by atoms with Crippen LogP contribution in [-0.4, -0.2) is 62.0 Å². The largest absolute Gasteiger partial charge is 0.394 e. The van der Waals surface area contributed by atoms with Crippen molar-refractivity contribution in [1.29, 1.82) is 0 Å². The van der Waals surface area contributed by atoms with Gasteiger partial charge in [-0.15, -0.1) is 0 Å². The van der Waals surface area contributed by atoms with Crippen molar-refractivity contribution < 1.29 is 19.4 Å². The molecule has 1 amide bonds. The number of hydrogen-bond acceptors (Lipinski definition) is 6. The van der Waals surface area contributed by atoms with Gasteiger partial charge in [0.1, 0.15) is 23.5 Å². The maximum atomic E-state index is 12.8.